The summed E-state index contributed by atoms with van der Waals surface area (Å²) in [5, 5.41) is 3.61. The van der Waals surface area contributed by atoms with E-state index in [1.165, 1.54) is 49.7 Å². The number of aromatic nitrogens is 3. The second-order valence-corrected chi connectivity index (χ2v) is 14.1. The summed E-state index contributed by atoms with van der Waals surface area (Å²) >= 11 is 0. The van der Waals surface area contributed by atoms with Crippen LogP contribution in [0.3, 0.4) is 0 Å². The van der Waals surface area contributed by atoms with Gasteiger partial charge in [0.2, 0.25) is 0 Å². The van der Waals surface area contributed by atoms with Crippen LogP contribution in [0.5, 0.6) is 0 Å². The first kappa shape index (κ1) is 30.5. The van der Waals surface area contributed by atoms with Crippen LogP contribution in [-0.4, -0.2) is 14.5 Å². The van der Waals surface area contributed by atoms with Crippen molar-refractivity contribution >= 4 is 32.7 Å². The van der Waals surface area contributed by atoms with Crippen LogP contribution in [0.25, 0.3) is 72.2 Å². The Bertz CT molecular complexity index is 3020. The molecule has 0 spiro atoms. The zero-order valence-corrected chi connectivity index (χ0v) is 29.4. The highest BCUT2D eigenvalue weighted by atomic mass is 15.0. The Balaban J connectivity index is 1.05. The third-order valence-corrected chi connectivity index (χ3v) is 11.3. The molecule has 54 heavy (non-hydrogen) atoms. The first-order valence-electron chi connectivity index (χ1n) is 18.5. The summed E-state index contributed by atoms with van der Waals surface area (Å²) in [4.78, 5) is 10.1. The van der Waals surface area contributed by atoms with E-state index in [2.05, 4.69) is 187 Å². The summed E-state index contributed by atoms with van der Waals surface area (Å²) in [6.07, 6.45) is 0. The molecular formula is C51H33N3. The third-order valence-electron chi connectivity index (χ3n) is 11.3. The van der Waals surface area contributed by atoms with Crippen LogP contribution in [0, 0.1) is 0 Å². The molecule has 10 aromatic rings. The lowest BCUT2D eigenvalue weighted by Gasteiger charge is -2.41. The Hall–Kier alpha value is -7.10. The van der Waals surface area contributed by atoms with E-state index in [1.807, 2.05) is 18.2 Å². The number of para-hydroxylation sites is 4. The predicted molar refractivity (Wildman–Crippen MR) is 222 cm³/mol. The summed E-state index contributed by atoms with van der Waals surface area (Å²) in [6, 6.07) is 72.2. The van der Waals surface area contributed by atoms with Gasteiger partial charge in [0, 0.05) is 27.3 Å². The molecule has 8 aromatic carbocycles. The minimum Gasteiger partial charge on any atom is -0.309 e. The predicted octanol–water partition coefficient (Wildman–Crippen LogP) is 12.4. The smallest absolute Gasteiger partial charge is 0.160 e. The summed E-state index contributed by atoms with van der Waals surface area (Å²) in [5.74, 6) is 0.724. The largest absolute Gasteiger partial charge is 0.309 e. The third kappa shape index (κ3) is 4.42. The van der Waals surface area contributed by atoms with Crippen molar-refractivity contribution in [3.05, 3.63) is 222 Å². The van der Waals surface area contributed by atoms with Gasteiger partial charge in [0.1, 0.15) is 0 Å². The zero-order valence-electron chi connectivity index (χ0n) is 29.4. The molecule has 2 aromatic heterocycles. The molecule has 3 nitrogen and oxygen atoms in total. The Morgan fingerprint density at radius 1 is 0.370 bits per heavy atom. The average molecular weight is 688 g/mol. The lowest BCUT2D eigenvalue weighted by Crippen LogP contribution is -2.35. The standard InChI is InChI=1S/C51H33N3/c1-3-14-36(15-4-1)48-42-19-7-10-23-45(42)52-50(53-48)37-28-26-34(27-29-37)35-30-32-39(33-31-35)51(38-16-5-2-6-17-38)43-21-9-12-25-47(43)54-46-24-11-8-18-40(46)41-20-13-22-44(51)49(41)54/h1-33H. The van der Waals surface area contributed by atoms with Gasteiger partial charge in [0.15, 0.2) is 5.82 Å². The SMILES string of the molecule is c1ccc(-c2nc(-c3ccc(-c4ccc(C5(c6ccccc6)c6ccccc6-n6c7ccccc7c7cccc5c76)cc4)cc3)nc3ccccc23)cc1. The molecule has 3 heterocycles. The molecule has 0 saturated heterocycles. The van der Waals surface area contributed by atoms with E-state index in [1.54, 1.807) is 0 Å². The Morgan fingerprint density at radius 2 is 0.944 bits per heavy atom. The Kier molecular flexibility index (Phi) is 6.77. The van der Waals surface area contributed by atoms with Crippen LogP contribution in [0.2, 0.25) is 0 Å². The first-order chi connectivity index (χ1) is 26.8. The van der Waals surface area contributed by atoms with Gasteiger partial charge < -0.3 is 4.57 Å². The Morgan fingerprint density at radius 3 is 1.74 bits per heavy atom. The fourth-order valence-electron chi connectivity index (χ4n) is 8.93. The molecule has 252 valence electrons. The second kappa shape index (κ2) is 12.0. The summed E-state index contributed by atoms with van der Waals surface area (Å²) in [5.41, 5.74) is 14.5. The molecule has 1 aliphatic rings. The molecule has 0 aliphatic carbocycles. The quantitative estimate of drug-likeness (QED) is 0.180. The average Bonchev–Trinajstić information content (AvgIpc) is 3.60. The molecule has 3 heteroatoms. The molecule has 0 fully saturated rings. The summed E-state index contributed by atoms with van der Waals surface area (Å²) in [7, 11) is 0. The van der Waals surface area contributed by atoms with Crippen molar-refractivity contribution in [2.24, 2.45) is 0 Å². The maximum absolute atomic E-state index is 5.10. The van der Waals surface area contributed by atoms with E-state index in [-0.39, 0.29) is 0 Å². The highest BCUT2D eigenvalue weighted by Gasteiger charge is 2.45. The van der Waals surface area contributed by atoms with Crippen LogP contribution in [0.1, 0.15) is 22.3 Å². The van der Waals surface area contributed by atoms with Gasteiger partial charge in [-0.3, -0.25) is 0 Å². The molecule has 0 amide bonds. The number of hydrogen-bond acceptors (Lipinski definition) is 2. The van der Waals surface area contributed by atoms with E-state index in [0.29, 0.717) is 0 Å². The number of fused-ring (bicyclic) bond motifs is 6. The van der Waals surface area contributed by atoms with Crippen molar-refractivity contribution in [2.75, 3.05) is 0 Å². The normalized spacial score (nSPS) is 14.7. The van der Waals surface area contributed by atoms with Crippen LogP contribution in [-0.2, 0) is 5.41 Å². The Labute approximate surface area is 313 Å². The van der Waals surface area contributed by atoms with Gasteiger partial charge in [0.05, 0.1) is 33.3 Å². The van der Waals surface area contributed by atoms with Gasteiger partial charge in [-0.05, 0) is 51.6 Å². The number of nitrogens with zero attached hydrogens (tertiary/aromatic N) is 3. The molecule has 1 aliphatic heterocycles. The molecule has 0 bridgehead atoms. The van der Waals surface area contributed by atoms with Crippen LogP contribution in [0.4, 0.5) is 0 Å². The number of benzene rings is 8. The molecule has 0 radical (unpaired) electrons. The van der Waals surface area contributed by atoms with E-state index in [4.69, 9.17) is 9.97 Å². The van der Waals surface area contributed by atoms with Crippen LogP contribution in [0.15, 0.2) is 200 Å². The minimum atomic E-state index is -0.520. The monoisotopic (exact) mass is 687 g/mol. The van der Waals surface area contributed by atoms with Crippen molar-refractivity contribution in [3.8, 4) is 39.5 Å². The highest BCUT2D eigenvalue weighted by molar-refractivity contribution is 6.12. The van der Waals surface area contributed by atoms with E-state index < -0.39 is 5.41 Å². The highest BCUT2D eigenvalue weighted by Crippen LogP contribution is 2.54. The lowest BCUT2D eigenvalue weighted by atomic mass is 9.63. The first-order valence-corrected chi connectivity index (χ1v) is 18.5. The molecule has 1 unspecified atom stereocenters. The van der Waals surface area contributed by atoms with Gasteiger partial charge in [-0.2, -0.15) is 0 Å². The molecule has 1 atom stereocenters. The molecule has 11 rings (SSSR count). The maximum atomic E-state index is 5.10. The zero-order chi connectivity index (χ0) is 35.6. The van der Waals surface area contributed by atoms with Crippen molar-refractivity contribution in [1.29, 1.82) is 0 Å². The fourth-order valence-corrected chi connectivity index (χ4v) is 8.93. The van der Waals surface area contributed by atoms with Gasteiger partial charge in [0.25, 0.3) is 0 Å². The molecule has 0 N–H and O–H groups in total. The van der Waals surface area contributed by atoms with Crippen molar-refractivity contribution in [3.63, 3.8) is 0 Å². The van der Waals surface area contributed by atoms with Crippen molar-refractivity contribution in [2.45, 2.75) is 5.41 Å². The topological polar surface area (TPSA) is 30.7 Å². The fraction of sp³-hybridized carbons (Fsp3) is 0.0196. The van der Waals surface area contributed by atoms with E-state index >= 15 is 0 Å². The minimum absolute atomic E-state index is 0.520. The van der Waals surface area contributed by atoms with Gasteiger partial charge in [-0.15, -0.1) is 0 Å². The lowest BCUT2D eigenvalue weighted by molar-refractivity contribution is 0.728. The van der Waals surface area contributed by atoms with Crippen LogP contribution < -0.4 is 0 Å². The summed E-state index contributed by atoms with van der Waals surface area (Å²) < 4.78 is 2.48. The van der Waals surface area contributed by atoms with E-state index in [0.717, 1.165) is 44.7 Å². The second-order valence-electron chi connectivity index (χ2n) is 14.1. The van der Waals surface area contributed by atoms with E-state index in [9.17, 15) is 0 Å². The molecule has 0 saturated carbocycles. The van der Waals surface area contributed by atoms with Gasteiger partial charge in [-0.25, -0.2) is 9.97 Å². The van der Waals surface area contributed by atoms with Crippen LogP contribution >= 0.6 is 0 Å². The van der Waals surface area contributed by atoms with Crippen molar-refractivity contribution < 1.29 is 0 Å². The maximum Gasteiger partial charge on any atom is 0.160 e. The van der Waals surface area contributed by atoms with Crippen molar-refractivity contribution in [1.82, 2.24) is 14.5 Å². The number of rotatable bonds is 5. The summed E-state index contributed by atoms with van der Waals surface area (Å²) in [6.45, 7) is 0. The van der Waals surface area contributed by atoms with Gasteiger partial charge in [-0.1, -0.05) is 182 Å². The van der Waals surface area contributed by atoms with Gasteiger partial charge >= 0.3 is 0 Å². The molecular weight excluding hydrogens is 655 g/mol. The number of hydrogen-bond donors (Lipinski definition) is 0.